The van der Waals surface area contributed by atoms with Crippen molar-refractivity contribution in [3.63, 3.8) is 0 Å². The summed E-state index contributed by atoms with van der Waals surface area (Å²) in [6.45, 7) is 7.72. The summed E-state index contributed by atoms with van der Waals surface area (Å²) in [7, 11) is 0. The Morgan fingerprint density at radius 3 is 1.75 bits per heavy atom. The van der Waals surface area contributed by atoms with Crippen molar-refractivity contribution in [1.82, 2.24) is 4.57 Å². The van der Waals surface area contributed by atoms with E-state index in [0.29, 0.717) is 0 Å². The molecule has 0 spiro atoms. The topological polar surface area (TPSA) is 8.81 Å². The van der Waals surface area contributed by atoms with Crippen molar-refractivity contribution in [2.45, 2.75) is 123 Å². The van der Waals surface area contributed by atoms with Gasteiger partial charge in [-0.1, -0.05) is 113 Å². The first-order valence-corrected chi connectivity index (χ1v) is 13.8. The van der Waals surface area contributed by atoms with Crippen LogP contribution in [0, 0.1) is 6.92 Å². The number of nitrogens with zero attached hydrogens (tertiary/aromatic N) is 2. The van der Waals surface area contributed by atoms with Crippen LogP contribution >= 0.6 is 23.2 Å². The normalized spacial score (nSPS) is 12.4. The number of unbranched alkanes of at least 4 members (excludes halogenated alkanes) is 13. The van der Waals surface area contributed by atoms with Gasteiger partial charge in [-0.15, -0.1) is 0 Å². The highest BCUT2D eigenvalue weighted by Crippen LogP contribution is 2.32. The van der Waals surface area contributed by atoms with E-state index in [4.69, 9.17) is 23.2 Å². The SMILES string of the molecule is CCCCCCCCCCCCCCCC[n+]1ccn([C@H](C)c2c(Cl)cccc2Cl)c1C. The summed E-state index contributed by atoms with van der Waals surface area (Å²) in [4.78, 5) is 0. The van der Waals surface area contributed by atoms with Crippen LogP contribution in [0.4, 0.5) is 0 Å². The zero-order valence-electron chi connectivity index (χ0n) is 20.7. The Labute approximate surface area is 207 Å². The van der Waals surface area contributed by atoms with Gasteiger partial charge in [0.2, 0.25) is 0 Å². The molecular formula is C28H45Cl2N2+. The molecule has 32 heavy (non-hydrogen) atoms. The number of hydrogen-bond donors (Lipinski definition) is 0. The van der Waals surface area contributed by atoms with Crippen LogP contribution in [-0.2, 0) is 6.54 Å². The fourth-order valence-corrected chi connectivity index (χ4v) is 5.40. The molecule has 0 N–H and O–H groups in total. The van der Waals surface area contributed by atoms with Gasteiger partial charge in [0.1, 0.15) is 18.4 Å². The van der Waals surface area contributed by atoms with Crippen LogP contribution in [-0.4, -0.2) is 4.57 Å². The standard InChI is InChI=1S/C28H45Cl2N2/c1-4-5-6-7-8-9-10-11-12-13-14-15-16-17-21-31-22-23-32(25(31)3)24(2)28-26(29)19-18-20-27(28)30/h18-20,22-24H,4-17,21H2,1-3H3/q+1/t24-/m1/s1. The van der Waals surface area contributed by atoms with Crippen molar-refractivity contribution in [1.29, 1.82) is 0 Å². The van der Waals surface area contributed by atoms with Gasteiger partial charge in [0.05, 0.1) is 6.54 Å². The monoisotopic (exact) mass is 479 g/mol. The maximum absolute atomic E-state index is 6.43. The Morgan fingerprint density at radius 1 is 0.781 bits per heavy atom. The van der Waals surface area contributed by atoms with Gasteiger partial charge >= 0.3 is 0 Å². The third-order valence-electron chi connectivity index (χ3n) is 6.78. The lowest BCUT2D eigenvalue weighted by atomic mass is 10.0. The van der Waals surface area contributed by atoms with Crippen molar-refractivity contribution in [2.75, 3.05) is 0 Å². The maximum Gasteiger partial charge on any atom is 0.253 e. The molecule has 0 fully saturated rings. The van der Waals surface area contributed by atoms with Crippen molar-refractivity contribution in [3.8, 4) is 0 Å². The van der Waals surface area contributed by atoms with E-state index in [-0.39, 0.29) is 6.04 Å². The average molecular weight is 481 g/mol. The lowest BCUT2D eigenvalue weighted by Crippen LogP contribution is -2.35. The molecule has 1 heterocycles. The molecule has 1 aromatic heterocycles. The highest BCUT2D eigenvalue weighted by molar-refractivity contribution is 6.36. The molecule has 0 radical (unpaired) electrons. The molecule has 0 unspecified atom stereocenters. The van der Waals surface area contributed by atoms with E-state index in [9.17, 15) is 0 Å². The summed E-state index contributed by atoms with van der Waals surface area (Å²) >= 11 is 12.9. The summed E-state index contributed by atoms with van der Waals surface area (Å²) in [5.74, 6) is 1.25. The molecule has 0 aliphatic carbocycles. The molecule has 0 saturated heterocycles. The van der Waals surface area contributed by atoms with Gasteiger partial charge in [0.15, 0.2) is 0 Å². The summed E-state index contributed by atoms with van der Waals surface area (Å²) in [6.07, 6.45) is 23.9. The summed E-state index contributed by atoms with van der Waals surface area (Å²) < 4.78 is 4.64. The van der Waals surface area contributed by atoms with Crippen molar-refractivity contribution in [2.24, 2.45) is 0 Å². The van der Waals surface area contributed by atoms with Gasteiger partial charge < -0.3 is 0 Å². The van der Waals surface area contributed by atoms with Crippen LogP contribution in [0.25, 0.3) is 0 Å². The number of aryl methyl sites for hydroxylation is 1. The fourth-order valence-electron chi connectivity index (χ4n) is 4.69. The predicted molar refractivity (Wildman–Crippen MR) is 140 cm³/mol. The third kappa shape index (κ3) is 9.10. The quantitative estimate of drug-likeness (QED) is 0.157. The van der Waals surface area contributed by atoms with Crippen molar-refractivity contribution in [3.05, 3.63) is 52.0 Å². The first kappa shape index (κ1) is 27.3. The Hall–Kier alpha value is -0.990. The molecule has 2 nitrogen and oxygen atoms in total. The molecular weight excluding hydrogens is 435 g/mol. The molecule has 2 aromatic rings. The van der Waals surface area contributed by atoms with Crippen LogP contribution < -0.4 is 4.57 Å². The first-order chi connectivity index (χ1) is 15.6. The lowest BCUT2D eigenvalue weighted by Gasteiger charge is -2.14. The highest BCUT2D eigenvalue weighted by Gasteiger charge is 2.23. The molecule has 1 aromatic carbocycles. The number of rotatable bonds is 17. The van der Waals surface area contributed by atoms with E-state index >= 15 is 0 Å². The third-order valence-corrected chi connectivity index (χ3v) is 7.44. The minimum Gasteiger partial charge on any atom is -0.234 e. The molecule has 0 saturated carbocycles. The van der Waals surface area contributed by atoms with E-state index < -0.39 is 0 Å². The van der Waals surface area contributed by atoms with Crippen LogP contribution in [0.5, 0.6) is 0 Å². The van der Waals surface area contributed by atoms with Crippen LogP contribution in [0.2, 0.25) is 10.0 Å². The molecule has 2 rings (SSSR count). The Balaban J connectivity index is 1.58. The second kappa shape index (κ2) is 15.8. The molecule has 0 aliphatic heterocycles. The molecule has 0 aliphatic rings. The number of aromatic nitrogens is 2. The lowest BCUT2D eigenvalue weighted by molar-refractivity contribution is -0.702. The molecule has 4 heteroatoms. The van der Waals surface area contributed by atoms with Crippen LogP contribution in [0.1, 0.15) is 121 Å². The minimum absolute atomic E-state index is 0.119. The highest BCUT2D eigenvalue weighted by atomic mass is 35.5. The van der Waals surface area contributed by atoms with E-state index in [1.807, 2.05) is 18.2 Å². The van der Waals surface area contributed by atoms with E-state index in [2.05, 4.69) is 42.3 Å². The number of hydrogen-bond acceptors (Lipinski definition) is 0. The van der Waals surface area contributed by atoms with E-state index in [1.54, 1.807) is 0 Å². The van der Waals surface area contributed by atoms with Gasteiger partial charge in [0.25, 0.3) is 5.82 Å². The molecule has 0 amide bonds. The zero-order valence-corrected chi connectivity index (χ0v) is 22.2. The molecule has 180 valence electrons. The smallest absolute Gasteiger partial charge is 0.234 e. The summed E-state index contributed by atoms with van der Waals surface area (Å²) in [5.41, 5.74) is 0.998. The van der Waals surface area contributed by atoms with Gasteiger partial charge in [-0.05, 0) is 31.9 Å². The zero-order chi connectivity index (χ0) is 23.2. The van der Waals surface area contributed by atoms with E-state index in [1.165, 1.54) is 95.7 Å². The summed E-state index contributed by atoms with van der Waals surface area (Å²) in [6, 6.07) is 5.86. The minimum atomic E-state index is 0.119. The largest absolute Gasteiger partial charge is 0.253 e. The van der Waals surface area contributed by atoms with Crippen LogP contribution in [0.15, 0.2) is 30.6 Å². The van der Waals surface area contributed by atoms with Gasteiger partial charge in [0, 0.05) is 22.5 Å². The average Bonchev–Trinajstić information content (AvgIpc) is 3.14. The Morgan fingerprint density at radius 2 is 1.25 bits per heavy atom. The van der Waals surface area contributed by atoms with Gasteiger partial charge in [-0.3, -0.25) is 0 Å². The van der Waals surface area contributed by atoms with Gasteiger partial charge in [-0.2, -0.15) is 0 Å². The van der Waals surface area contributed by atoms with E-state index in [0.717, 1.165) is 22.2 Å². The number of imidazole rings is 1. The summed E-state index contributed by atoms with van der Waals surface area (Å²) in [5, 5.41) is 1.47. The Kier molecular flexibility index (Phi) is 13.4. The predicted octanol–water partition coefficient (Wildman–Crippen LogP) is 9.48. The molecule has 0 bridgehead atoms. The fraction of sp³-hybridized carbons (Fsp3) is 0.679. The second-order valence-electron chi connectivity index (χ2n) is 9.35. The Bertz CT molecular complexity index is 749. The van der Waals surface area contributed by atoms with Crippen LogP contribution in [0.3, 0.4) is 0 Å². The molecule has 1 atom stereocenters. The first-order valence-electron chi connectivity index (χ1n) is 13.1. The van der Waals surface area contributed by atoms with Crippen molar-refractivity contribution >= 4 is 23.2 Å². The maximum atomic E-state index is 6.43. The van der Waals surface area contributed by atoms with Gasteiger partial charge in [-0.25, -0.2) is 9.13 Å². The number of halogens is 2. The van der Waals surface area contributed by atoms with Crippen molar-refractivity contribution < 1.29 is 4.57 Å². The second-order valence-corrected chi connectivity index (χ2v) is 10.2. The number of benzene rings is 1.